The number of rotatable bonds is 4. The van der Waals surface area contributed by atoms with Crippen LogP contribution in [0.3, 0.4) is 0 Å². The fourth-order valence-corrected chi connectivity index (χ4v) is 5.37. The molecule has 33 heavy (non-hydrogen) atoms. The Kier molecular flexibility index (Phi) is 6.50. The average Bonchev–Trinajstić information content (AvgIpc) is 2.72. The van der Waals surface area contributed by atoms with E-state index in [0.717, 1.165) is 34.6 Å². The van der Waals surface area contributed by atoms with Crippen molar-refractivity contribution < 1.29 is 39.9 Å². The van der Waals surface area contributed by atoms with Gasteiger partial charge in [-0.3, -0.25) is 0 Å². The molecule has 1 fully saturated rings. The largest absolute Gasteiger partial charge is 0.421 e. The van der Waals surface area contributed by atoms with Crippen LogP contribution in [-0.2, 0) is 21.8 Å². The van der Waals surface area contributed by atoms with Crippen LogP contribution in [0, 0.1) is 0 Å². The second kappa shape index (κ2) is 8.48. The van der Waals surface area contributed by atoms with Crippen LogP contribution in [0.15, 0.2) is 53.4 Å². The van der Waals surface area contributed by atoms with Crippen LogP contribution < -0.4 is 4.90 Å². The first-order valence-electron chi connectivity index (χ1n) is 9.89. The summed E-state index contributed by atoms with van der Waals surface area (Å²) in [6, 6.07) is 8.05. The first kappa shape index (κ1) is 25.3. The molecule has 2 aromatic rings. The zero-order chi connectivity index (χ0) is 24.8. The molecule has 1 heterocycles. The number of aliphatic hydroxyl groups is 1. The van der Waals surface area contributed by atoms with E-state index in [9.17, 15) is 39.9 Å². The van der Waals surface area contributed by atoms with E-state index in [1.165, 1.54) is 23.1 Å². The summed E-state index contributed by atoms with van der Waals surface area (Å²) in [7, 11) is -4.13. The predicted octanol–water partition coefficient (Wildman–Crippen LogP) is 4.37. The van der Waals surface area contributed by atoms with E-state index < -0.39 is 45.1 Å². The molecule has 1 saturated heterocycles. The van der Waals surface area contributed by atoms with E-state index in [4.69, 9.17) is 0 Å². The molecule has 182 valence electrons. The van der Waals surface area contributed by atoms with Crippen LogP contribution >= 0.6 is 0 Å². The molecule has 1 N–H and O–H groups in total. The van der Waals surface area contributed by atoms with Crippen LogP contribution in [-0.4, -0.2) is 49.7 Å². The molecule has 0 spiro atoms. The minimum absolute atomic E-state index is 0.00245. The van der Waals surface area contributed by atoms with Crippen LogP contribution in [0.25, 0.3) is 0 Å². The first-order valence-corrected chi connectivity index (χ1v) is 11.3. The summed E-state index contributed by atoms with van der Waals surface area (Å²) >= 11 is 0. The minimum Gasteiger partial charge on any atom is -0.376 e. The van der Waals surface area contributed by atoms with E-state index in [1.807, 2.05) is 0 Å². The molecule has 12 heteroatoms. The van der Waals surface area contributed by atoms with Crippen molar-refractivity contribution in [1.29, 1.82) is 0 Å². The molecule has 0 saturated carbocycles. The molecule has 5 nitrogen and oxygen atoms in total. The zero-order valence-electron chi connectivity index (χ0n) is 17.7. The number of sulfonamides is 1. The molecule has 2 atom stereocenters. The predicted molar refractivity (Wildman–Crippen MR) is 109 cm³/mol. The highest BCUT2D eigenvalue weighted by atomic mass is 32.2. The Morgan fingerprint density at radius 2 is 1.52 bits per heavy atom. The summed E-state index contributed by atoms with van der Waals surface area (Å²) in [4.78, 5) is 1.18. The highest BCUT2D eigenvalue weighted by Crippen LogP contribution is 2.39. The van der Waals surface area contributed by atoms with Crippen LogP contribution in [0.2, 0.25) is 0 Å². The van der Waals surface area contributed by atoms with Gasteiger partial charge in [-0.2, -0.15) is 30.6 Å². The third kappa shape index (κ3) is 4.82. The summed E-state index contributed by atoms with van der Waals surface area (Å²) in [5.41, 5.74) is -4.54. The fourth-order valence-electron chi connectivity index (χ4n) is 3.76. The van der Waals surface area contributed by atoms with Crippen molar-refractivity contribution >= 4 is 15.7 Å². The molecule has 0 aromatic heterocycles. The van der Waals surface area contributed by atoms with E-state index in [1.54, 1.807) is 6.92 Å². The van der Waals surface area contributed by atoms with Crippen molar-refractivity contribution in [3.63, 3.8) is 0 Å². The maximum absolute atomic E-state index is 13.4. The highest BCUT2D eigenvalue weighted by molar-refractivity contribution is 7.89. The number of hydrogen-bond acceptors (Lipinski definition) is 4. The maximum atomic E-state index is 13.4. The molecule has 0 unspecified atom stereocenters. The molecule has 2 aromatic carbocycles. The van der Waals surface area contributed by atoms with Crippen molar-refractivity contribution in [2.24, 2.45) is 0 Å². The van der Waals surface area contributed by atoms with Gasteiger partial charge in [0.15, 0.2) is 5.60 Å². The van der Waals surface area contributed by atoms with Gasteiger partial charge in [0, 0.05) is 31.4 Å². The number of para-hydroxylation sites is 1. The van der Waals surface area contributed by atoms with Gasteiger partial charge in [-0.05, 0) is 43.7 Å². The Morgan fingerprint density at radius 3 is 2.03 bits per heavy atom. The van der Waals surface area contributed by atoms with Crippen LogP contribution in [0.5, 0.6) is 0 Å². The van der Waals surface area contributed by atoms with Crippen LogP contribution in [0.4, 0.5) is 32.0 Å². The Morgan fingerprint density at radius 1 is 0.939 bits per heavy atom. The van der Waals surface area contributed by atoms with Gasteiger partial charge < -0.3 is 10.0 Å². The number of nitrogens with zero attached hydrogens (tertiary/aromatic N) is 2. The Balaban J connectivity index is 1.82. The Bertz CT molecular complexity index is 1100. The van der Waals surface area contributed by atoms with Crippen molar-refractivity contribution in [1.82, 2.24) is 4.31 Å². The van der Waals surface area contributed by atoms with E-state index in [0.29, 0.717) is 6.92 Å². The SMILES string of the molecule is C[C@@H]1CN(c2ccccc2C(F)(F)F)CCN1S(=O)(=O)c1ccc([C@@](C)(O)C(F)(F)F)cc1. The number of halogens is 6. The summed E-state index contributed by atoms with van der Waals surface area (Å²) in [6.07, 6.45) is -9.52. The quantitative estimate of drug-likeness (QED) is 0.639. The van der Waals surface area contributed by atoms with Gasteiger partial charge in [-0.15, -0.1) is 0 Å². The van der Waals surface area contributed by atoms with Gasteiger partial charge in [0.2, 0.25) is 10.0 Å². The van der Waals surface area contributed by atoms with E-state index in [2.05, 4.69) is 0 Å². The van der Waals surface area contributed by atoms with Gasteiger partial charge >= 0.3 is 12.4 Å². The summed E-state index contributed by atoms with van der Waals surface area (Å²) in [5, 5.41) is 9.75. The topological polar surface area (TPSA) is 60.9 Å². The van der Waals surface area contributed by atoms with Crippen LogP contribution in [0.1, 0.15) is 25.0 Å². The van der Waals surface area contributed by atoms with Crippen molar-refractivity contribution in [2.75, 3.05) is 24.5 Å². The third-order valence-electron chi connectivity index (χ3n) is 5.69. The summed E-state index contributed by atoms with van der Waals surface area (Å²) in [6.45, 7) is 1.99. The van der Waals surface area contributed by atoms with E-state index >= 15 is 0 Å². The molecular formula is C21H22F6N2O3S. The monoisotopic (exact) mass is 496 g/mol. The average molecular weight is 496 g/mol. The number of hydrogen-bond donors (Lipinski definition) is 1. The van der Waals surface area contributed by atoms with Gasteiger partial charge in [0.25, 0.3) is 0 Å². The molecule has 1 aliphatic rings. The standard InChI is InChI=1S/C21H22F6N2O3S/c1-14-13-28(18-6-4-3-5-17(18)20(22,23)24)11-12-29(14)33(31,32)16-9-7-15(8-10-16)19(2,30)21(25,26)27/h3-10,14,30H,11-13H2,1-2H3/t14-,19-/m1/s1. The van der Waals surface area contributed by atoms with Gasteiger partial charge in [0.1, 0.15) is 0 Å². The molecule has 0 amide bonds. The first-order chi connectivity index (χ1) is 15.1. The Hall–Kier alpha value is -2.31. The number of benzene rings is 2. The Labute approximate surface area is 187 Å². The number of alkyl halides is 6. The summed E-state index contributed by atoms with van der Waals surface area (Å²) in [5.74, 6) is 0. The highest BCUT2D eigenvalue weighted by Gasteiger charge is 2.51. The minimum atomic E-state index is -4.95. The zero-order valence-corrected chi connectivity index (χ0v) is 18.5. The third-order valence-corrected chi connectivity index (χ3v) is 7.72. The molecule has 3 rings (SSSR count). The van der Waals surface area contributed by atoms with Crippen molar-refractivity contribution in [3.05, 3.63) is 59.7 Å². The van der Waals surface area contributed by atoms with Gasteiger partial charge in [-0.1, -0.05) is 24.3 Å². The van der Waals surface area contributed by atoms with Crippen molar-refractivity contribution in [3.8, 4) is 0 Å². The molecule has 1 aliphatic heterocycles. The number of anilines is 1. The normalized spacial score (nSPS) is 20.5. The lowest BCUT2D eigenvalue weighted by Gasteiger charge is -2.40. The molecule has 0 aliphatic carbocycles. The second-order valence-electron chi connectivity index (χ2n) is 8.02. The lowest BCUT2D eigenvalue weighted by Crippen LogP contribution is -2.54. The number of piperazine rings is 1. The second-order valence-corrected chi connectivity index (χ2v) is 9.91. The molecular weight excluding hydrogens is 474 g/mol. The van der Waals surface area contributed by atoms with Gasteiger partial charge in [0.05, 0.1) is 10.5 Å². The lowest BCUT2D eigenvalue weighted by atomic mass is 9.96. The molecule has 0 bridgehead atoms. The van der Waals surface area contributed by atoms with E-state index in [-0.39, 0.29) is 30.2 Å². The fraction of sp³-hybridized carbons (Fsp3) is 0.429. The lowest BCUT2D eigenvalue weighted by molar-refractivity contribution is -0.258. The smallest absolute Gasteiger partial charge is 0.376 e. The summed E-state index contributed by atoms with van der Waals surface area (Å²) < 4.78 is 106. The van der Waals surface area contributed by atoms with Gasteiger partial charge in [-0.25, -0.2) is 8.42 Å². The maximum Gasteiger partial charge on any atom is 0.421 e. The molecule has 0 radical (unpaired) electrons. The van der Waals surface area contributed by atoms with Crippen molar-refractivity contribution in [2.45, 2.75) is 42.7 Å².